The van der Waals surface area contributed by atoms with Gasteiger partial charge in [0.1, 0.15) is 35.1 Å². The molecule has 2 aliphatic rings. The van der Waals surface area contributed by atoms with Crippen molar-refractivity contribution >= 4 is 23.1 Å². The first-order chi connectivity index (χ1) is 17.5. The van der Waals surface area contributed by atoms with E-state index in [0.717, 1.165) is 32.9 Å². The normalized spacial score (nSPS) is 15.2. The molecule has 1 saturated heterocycles. The molecule has 1 aromatic carbocycles. The number of amides is 1. The standard InChI is InChI=1S/C25H22F2N6O2S/c1-15(34)31-7-9-32(10-8-31)22-5-4-20-23(30-22)24-16(6-11-35-20)12-21(36-24)25-28-14-29-33(25)19-3-2-17(26)13-18(19)27/h2-5,12-14H,6-11H2,1H3. The van der Waals surface area contributed by atoms with Gasteiger partial charge in [0.15, 0.2) is 11.6 Å². The number of hydrogen-bond acceptors (Lipinski definition) is 7. The Morgan fingerprint density at radius 1 is 1.08 bits per heavy atom. The zero-order chi connectivity index (χ0) is 24.8. The molecule has 6 rings (SSSR count). The van der Waals surface area contributed by atoms with Crippen LogP contribution in [-0.2, 0) is 11.2 Å². The molecule has 5 heterocycles. The van der Waals surface area contributed by atoms with E-state index in [9.17, 15) is 13.6 Å². The number of halogens is 2. The van der Waals surface area contributed by atoms with Crippen molar-refractivity contribution in [3.8, 4) is 32.7 Å². The summed E-state index contributed by atoms with van der Waals surface area (Å²) in [7, 11) is 0. The molecule has 11 heteroatoms. The Bertz CT molecular complexity index is 1460. The number of piperazine rings is 1. The molecule has 0 saturated carbocycles. The summed E-state index contributed by atoms with van der Waals surface area (Å²) < 4.78 is 35.3. The molecule has 0 atom stereocenters. The van der Waals surface area contributed by atoms with E-state index in [1.165, 1.54) is 34.5 Å². The number of hydrogen-bond donors (Lipinski definition) is 0. The monoisotopic (exact) mass is 508 g/mol. The average Bonchev–Trinajstić information content (AvgIpc) is 3.48. The van der Waals surface area contributed by atoms with Crippen LogP contribution < -0.4 is 9.64 Å². The van der Waals surface area contributed by atoms with Crippen molar-refractivity contribution in [1.29, 1.82) is 0 Å². The highest BCUT2D eigenvalue weighted by atomic mass is 32.1. The van der Waals surface area contributed by atoms with Crippen molar-refractivity contribution in [3.05, 3.63) is 59.9 Å². The fraction of sp³-hybridized carbons (Fsp3) is 0.280. The van der Waals surface area contributed by atoms with Gasteiger partial charge in [-0.3, -0.25) is 4.79 Å². The first-order valence-corrected chi connectivity index (χ1v) is 12.4. The molecule has 1 fully saturated rings. The van der Waals surface area contributed by atoms with E-state index in [2.05, 4.69) is 15.0 Å². The third kappa shape index (κ3) is 3.98. The quantitative estimate of drug-likeness (QED) is 0.417. The van der Waals surface area contributed by atoms with Gasteiger partial charge in [-0.1, -0.05) is 0 Å². The van der Waals surface area contributed by atoms with Crippen LogP contribution in [0, 0.1) is 11.6 Å². The predicted molar refractivity (Wildman–Crippen MR) is 131 cm³/mol. The molecule has 0 aliphatic carbocycles. The number of carbonyl (C=O) groups is 1. The Morgan fingerprint density at radius 3 is 2.69 bits per heavy atom. The van der Waals surface area contributed by atoms with Gasteiger partial charge in [-0.15, -0.1) is 11.3 Å². The van der Waals surface area contributed by atoms with E-state index < -0.39 is 11.6 Å². The van der Waals surface area contributed by atoms with Crippen molar-refractivity contribution in [2.45, 2.75) is 13.3 Å². The van der Waals surface area contributed by atoms with Crippen LogP contribution in [0.2, 0.25) is 0 Å². The summed E-state index contributed by atoms with van der Waals surface area (Å²) in [5.41, 5.74) is 1.94. The van der Waals surface area contributed by atoms with Gasteiger partial charge in [-0.05, 0) is 35.9 Å². The summed E-state index contributed by atoms with van der Waals surface area (Å²) in [6.07, 6.45) is 2.05. The number of thiophene rings is 1. The summed E-state index contributed by atoms with van der Waals surface area (Å²) in [6.45, 7) is 4.84. The van der Waals surface area contributed by atoms with Gasteiger partial charge >= 0.3 is 0 Å². The summed E-state index contributed by atoms with van der Waals surface area (Å²) in [5, 5.41) is 4.19. The Hall–Kier alpha value is -3.86. The van der Waals surface area contributed by atoms with Crippen LogP contribution in [0.3, 0.4) is 0 Å². The number of pyridine rings is 1. The third-order valence-corrected chi connectivity index (χ3v) is 7.63. The lowest BCUT2D eigenvalue weighted by Crippen LogP contribution is -2.48. The predicted octanol–water partition coefficient (Wildman–Crippen LogP) is 3.94. The minimum atomic E-state index is -0.713. The van der Waals surface area contributed by atoms with Crippen LogP contribution in [0.15, 0.2) is 42.7 Å². The fourth-order valence-corrected chi connectivity index (χ4v) is 5.76. The second-order valence-electron chi connectivity index (χ2n) is 8.66. The molecule has 4 aromatic rings. The van der Waals surface area contributed by atoms with Gasteiger partial charge < -0.3 is 14.5 Å². The molecule has 0 spiro atoms. The number of carbonyl (C=O) groups excluding carboxylic acids is 1. The summed E-state index contributed by atoms with van der Waals surface area (Å²) >= 11 is 1.49. The molecule has 0 radical (unpaired) electrons. The lowest BCUT2D eigenvalue weighted by molar-refractivity contribution is -0.129. The molecule has 1 amide bonds. The van der Waals surface area contributed by atoms with Crippen molar-refractivity contribution in [2.75, 3.05) is 37.7 Å². The van der Waals surface area contributed by atoms with Gasteiger partial charge in [-0.2, -0.15) is 5.10 Å². The van der Waals surface area contributed by atoms with Crippen LogP contribution in [0.25, 0.3) is 27.0 Å². The molecule has 2 aliphatic heterocycles. The zero-order valence-electron chi connectivity index (χ0n) is 19.4. The van der Waals surface area contributed by atoms with Crippen molar-refractivity contribution < 1.29 is 18.3 Å². The SMILES string of the molecule is CC(=O)N1CCN(c2ccc3c(n2)-c2sc(-c4ncnn4-c4ccc(F)cc4F)cc2CCO3)CC1. The van der Waals surface area contributed by atoms with Gasteiger partial charge in [0.25, 0.3) is 0 Å². The summed E-state index contributed by atoms with van der Waals surface area (Å²) in [5.74, 6) is 0.732. The minimum absolute atomic E-state index is 0.0852. The largest absolute Gasteiger partial charge is 0.491 e. The molecular formula is C25H22F2N6O2S. The maximum atomic E-state index is 14.5. The highest BCUT2D eigenvalue weighted by Crippen LogP contribution is 2.43. The van der Waals surface area contributed by atoms with Gasteiger partial charge in [0, 0.05) is 45.6 Å². The molecule has 0 N–H and O–H groups in total. The molecular weight excluding hydrogens is 486 g/mol. The van der Waals surface area contributed by atoms with Crippen LogP contribution in [-0.4, -0.2) is 63.3 Å². The second-order valence-corrected chi connectivity index (χ2v) is 9.72. The smallest absolute Gasteiger partial charge is 0.219 e. The van der Waals surface area contributed by atoms with Crippen LogP contribution >= 0.6 is 11.3 Å². The van der Waals surface area contributed by atoms with E-state index >= 15 is 0 Å². The number of rotatable bonds is 3. The van der Waals surface area contributed by atoms with Crippen LogP contribution in [0.4, 0.5) is 14.6 Å². The van der Waals surface area contributed by atoms with Gasteiger partial charge in [-0.25, -0.2) is 23.4 Å². The summed E-state index contributed by atoms with van der Waals surface area (Å²) in [4.78, 5) is 26.8. The number of aromatic nitrogens is 4. The third-order valence-electron chi connectivity index (χ3n) is 6.45. The number of benzene rings is 1. The maximum Gasteiger partial charge on any atom is 0.219 e. The van der Waals surface area contributed by atoms with E-state index in [0.29, 0.717) is 50.8 Å². The Kier molecular flexibility index (Phi) is 5.63. The van der Waals surface area contributed by atoms with Gasteiger partial charge in [0.2, 0.25) is 5.91 Å². The molecule has 0 bridgehead atoms. The van der Waals surface area contributed by atoms with Gasteiger partial charge in [0.05, 0.1) is 16.4 Å². The van der Waals surface area contributed by atoms with E-state index in [-0.39, 0.29) is 11.6 Å². The molecule has 3 aromatic heterocycles. The Labute approximate surface area is 209 Å². The fourth-order valence-electron chi connectivity index (χ4n) is 4.58. The first-order valence-electron chi connectivity index (χ1n) is 11.6. The Morgan fingerprint density at radius 2 is 1.92 bits per heavy atom. The number of ether oxygens (including phenoxy) is 1. The zero-order valence-corrected chi connectivity index (χ0v) is 20.3. The first kappa shape index (κ1) is 22.6. The average molecular weight is 509 g/mol. The number of nitrogens with zero attached hydrogens (tertiary/aromatic N) is 6. The topological polar surface area (TPSA) is 76.4 Å². The Balaban J connectivity index is 1.36. The van der Waals surface area contributed by atoms with E-state index in [1.807, 2.05) is 23.1 Å². The lowest BCUT2D eigenvalue weighted by Gasteiger charge is -2.35. The molecule has 8 nitrogen and oxygen atoms in total. The highest BCUT2D eigenvalue weighted by molar-refractivity contribution is 7.19. The summed E-state index contributed by atoms with van der Waals surface area (Å²) in [6, 6.07) is 9.29. The van der Waals surface area contributed by atoms with E-state index in [4.69, 9.17) is 9.72 Å². The second kappa shape index (κ2) is 8.98. The maximum absolute atomic E-state index is 14.5. The molecule has 184 valence electrons. The van der Waals surface area contributed by atoms with E-state index in [1.54, 1.807) is 6.92 Å². The minimum Gasteiger partial charge on any atom is -0.491 e. The lowest BCUT2D eigenvalue weighted by atomic mass is 10.1. The van der Waals surface area contributed by atoms with Crippen LogP contribution in [0.5, 0.6) is 5.75 Å². The van der Waals surface area contributed by atoms with Crippen molar-refractivity contribution in [1.82, 2.24) is 24.6 Å². The molecule has 0 unspecified atom stereocenters. The van der Waals surface area contributed by atoms with Crippen LogP contribution in [0.1, 0.15) is 12.5 Å². The molecule has 36 heavy (non-hydrogen) atoms. The highest BCUT2D eigenvalue weighted by Gasteiger charge is 2.26. The number of anilines is 1. The van der Waals surface area contributed by atoms with Crippen molar-refractivity contribution in [2.24, 2.45) is 0 Å². The number of fused-ring (bicyclic) bond motifs is 3. The van der Waals surface area contributed by atoms with Crippen molar-refractivity contribution in [3.63, 3.8) is 0 Å².